The number of hydrogen-bond donors (Lipinski definition) is 1. The molecule has 80 valence electrons. The molecule has 0 amide bonds. The third-order valence-electron chi connectivity index (χ3n) is 1.30. The zero-order valence-corrected chi connectivity index (χ0v) is 8.71. The van der Waals surface area contributed by atoms with Crippen molar-refractivity contribution in [2.75, 3.05) is 25.6 Å². The average Bonchev–Trinajstić information content (AvgIpc) is 1.98. The Bertz CT molecular complexity index is 211. The molecule has 1 N–H and O–H groups in total. The monoisotopic (exact) mass is 212 g/mol. The first-order chi connectivity index (χ1) is 5.95. The van der Waals surface area contributed by atoms with E-state index in [9.17, 15) is 8.42 Å². The van der Waals surface area contributed by atoms with Gasteiger partial charge in [-0.15, -0.1) is 0 Å². The molecule has 0 aromatic carbocycles. The quantitative estimate of drug-likeness (QED) is 0.615. The van der Waals surface area contributed by atoms with Crippen molar-refractivity contribution >= 4 is 10.1 Å². The molecular formula is C7H16O5S. The molecule has 0 bridgehead atoms. The smallest absolute Gasteiger partial charge is 0.267 e. The third-order valence-corrected chi connectivity index (χ3v) is 1.98. The van der Waals surface area contributed by atoms with E-state index in [0.717, 1.165) is 0 Å². The highest BCUT2D eigenvalue weighted by Gasteiger charge is 2.06. The molecule has 0 aromatic rings. The zero-order valence-electron chi connectivity index (χ0n) is 7.89. The minimum Gasteiger partial charge on any atom is -0.379 e. The predicted molar refractivity (Wildman–Crippen MR) is 48.3 cm³/mol. The Balaban J connectivity index is 3.42. The van der Waals surface area contributed by atoms with Crippen molar-refractivity contribution in [1.82, 2.24) is 0 Å². The maximum absolute atomic E-state index is 10.3. The normalized spacial score (nSPS) is 14.4. The van der Waals surface area contributed by atoms with Gasteiger partial charge in [-0.2, -0.15) is 8.42 Å². The Labute approximate surface area is 78.8 Å². The van der Waals surface area contributed by atoms with Crippen LogP contribution in [0.5, 0.6) is 0 Å². The fourth-order valence-electron chi connectivity index (χ4n) is 0.687. The molecule has 0 aliphatic carbocycles. The average molecular weight is 212 g/mol. The van der Waals surface area contributed by atoms with Gasteiger partial charge in [-0.25, -0.2) is 0 Å². The van der Waals surface area contributed by atoms with E-state index in [-0.39, 0.29) is 18.5 Å². The van der Waals surface area contributed by atoms with Crippen LogP contribution in [0.3, 0.4) is 0 Å². The fraction of sp³-hybridized carbons (Fsp3) is 1.00. The molecule has 1 unspecified atom stereocenters. The largest absolute Gasteiger partial charge is 0.379 e. The summed E-state index contributed by atoms with van der Waals surface area (Å²) >= 11 is 0. The van der Waals surface area contributed by atoms with Crippen LogP contribution in [0.4, 0.5) is 0 Å². The molecule has 0 aliphatic heterocycles. The first kappa shape index (κ1) is 12.8. The summed E-state index contributed by atoms with van der Waals surface area (Å²) in [6.07, 6.45) is -0.151. The summed E-state index contributed by atoms with van der Waals surface area (Å²) in [5.74, 6) is -0.372. The van der Waals surface area contributed by atoms with Crippen LogP contribution in [0.2, 0.25) is 0 Å². The minimum absolute atomic E-state index is 0.00687. The van der Waals surface area contributed by atoms with Crippen LogP contribution in [0.1, 0.15) is 13.8 Å². The van der Waals surface area contributed by atoms with Gasteiger partial charge in [0.15, 0.2) is 0 Å². The SMILES string of the molecule is CCOCC(C)OCCS(=O)(=O)O. The van der Waals surface area contributed by atoms with Gasteiger partial charge in [0.1, 0.15) is 0 Å². The molecule has 0 saturated carbocycles. The first-order valence-electron chi connectivity index (χ1n) is 4.10. The van der Waals surface area contributed by atoms with E-state index in [1.54, 1.807) is 6.92 Å². The molecule has 0 saturated heterocycles. The molecule has 1 atom stereocenters. The van der Waals surface area contributed by atoms with Crippen LogP contribution in [0.25, 0.3) is 0 Å². The Morgan fingerprint density at radius 3 is 2.54 bits per heavy atom. The summed E-state index contributed by atoms with van der Waals surface area (Å²) in [7, 11) is -3.91. The van der Waals surface area contributed by atoms with E-state index in [1.807, 2.05) is 6.92 Å². The molecule has 0 aliphatic rings. The second-order valence-electron chi connectivity index (χ2n) is 2.63. The van der Waals surface area contributed by atoms with Gasteiger partial charge >= 0.3 is 0 Å². The van der Waals surface area contributed by atoms with Gasteiger partial charge in [0.05, 0.1) is 25.1 Å². The van der Waals surface area contributed by atoms with E-state index in [4.69, 9.17) is 14.0 Å². The second-order valence-corrected chi connectivity index (χ2v) is 4.20. The van der Waals surface area contributed by atoms with Crippen molar-refractivity contribution in [3.63, 3.8) is 0 Å². The zero-order chi connectivity index (χ0) is 10.3. The Kier molecular flexibility index (Phi) is 6.23. The van der Waals surface area contributed by atoms with Crippen LogP contribution in [0, 0.1) is 0 Å². The van der Waals surface area contributed by atoms with E-state index in [2.05, 4.69) is 0 Å². The lowest BCUT2D eigenvalue weighted by molar-refractivity contribution is 0.00262. The topological polar surface area (TPSA) is 72.8 Å². The minimum atomic E-state index is -3.91. The summed E-state index contributed by atoms with van der Waals surface area (Å²) in [5, 5.41) is 0. The van der Waals surface area contributed by atoms with Crippen LogP contribution in [-0.4, -0.2) is 44.6 Å². The number of rotatable bonds is 7. The highest BCUT2D eigenvalue weighted by atomic mass is 32.2. The Hall–Kier alpha value is -0.170. The van der Waals surface area contributed by atoms with Gasteiger partial charge in [-0.1, -0.05) is 0 Å². The maximum Gasteiger partial charge on any atom is 0.267 e. The molecule has 0 aromatic heterocycles. The highest BCUT2D eigenvalue weighted by molar-refractivity contribution is 7.85. The van der Waals surface area contributed by atoms with Crippen LogP contribution in [-0.2, 0) is 19.6 Å². The first-order valence-corrected chi connectivity index (χ1v) is 5.71. The van der Waals surface area contributed by atoms with Gasteiger partial charge in [0.25, 0.3) is 10.1 Å². The molecule has 0 fully saturated rings. The predicted octanol–water partition coefficient (Wildman–Crippen LogP) is 0.316. The van der Waals surface area contributed by atoms with Crippen molar-refractivity contribution in [1.29, 1.82) is 0 Å². The van der Waals surface area contributed by atoms with Crippen molar-refractivity contribution in [3.8, 4) is 0 Å². The summed E-state index contributed by atoms with van der Waals surface area (Å²) in [5.41, 5.74) is 0. The van der Waals surface area contributed by atoms with E-state index >= 15 is 0 Å². The molecule has 0 radical (unpaired) electrons. The van der Waals surface area contributed by atoms with Gasteiger partial charge in [-0.3, -0.25) is 4.55 Å². The number of ether oxygens (including phenoxy) is 2. The lowest BCUT2D eigenvalue weighted by Gasteiger charge is -2.11. The van der Waals surface area contributed by atoms with Gasteiger partial charge in [0.2, 0.25) is 0 Å². The molecule has 5 nitrogen and oxygen atoms in total. The van der Waals surface area contributed by atoms with Crippen LogP contribution in [0.15, 0.2) is 0 Å². The molecule has 6 heteroatoms. The van der Waals surface area contributed by atoms with E-state index < -0.39 is 10.1 Å². The maximum atomic E-state index is 10.3. The molecular weight excluding hydrogens is 196 g/mol. The fourth-order valence-corrected chi connectivity index (χ4v) is 0.993. The second kappa shape index (κ2) is 6.31. The molecule has 0 spiro atoms. The van der Waals surface area contributed by atoms with Crippen LogP contribution < -0.4 is 0 Å². The molecule has 0 heterocycles. The van der Waals surface area contributed by atoms with Gasteiger partial charge in [-0.05, 0) is 13.8 Å². The van der Waals surface area contributed by atoms with E-state index in [1.165, 1.54) is 0 Å². The molecule has 13 heavy (non-hydrogen) atoms. The van der Waals surface area contributed by atoms with Crippen LogP contribution >= 0.6 is 0 Å². The van der Waals surface area contributed by atoms with Crippen molar-refractivity contribution in [2.24, 2.45) is 0 Å². The van der Waals surface area contributed by atoms with E-state index in [0.29, 0.717) is 13.2 Å². The summed E-state index contributed by atoms with van der Waals surface area (Å²) < 4.78 is 39.0. The van der Waals surface area contributed by atoms with Crippen molar-refractivity contribution in [3.05, 3.63) is 0 Å². The summed E-state index contributed by atoms with van der Waals surface area (Å²) in [6.45, 7) is 4.67. The molecule has 0 rings (SSSR count). The lowest BCUT2D eigenvalue weighted by atomic mass is 10.4. The van der Waals surface area contributed by atoms with Gasteiger partial charge < -0.3 is 9.47 Å². The third kappa shape index (κ3) is 9.75. The van der Waals surface area contributed by atoms with Crippen molar-refractivity contribution < 1.29 is 22.4 Å². The Morgan fingerprint density at radius 1 is 1.46 bits per heavy atom. The Morgan fingerprint density at radius 2 is 2.08 bits per heavy atom. The van der Waals surface area contributed by atoms with Gasteiger partial charge in [0, 0.05) is 6.61 Å². The standard InChI is InChI=1S/C7H16O5S/c1-3-11-6-7(2)12-4-5-13(8,9)10/h7H,3-6H2,1-2H3,(H,8,9,10). The number of hydrogen-bond acceptors (Lipinski definition) is 4. The summed E-state index contributed by atoms with van der Waals surface area (Å²) in [4.78, 5) is 0. The lowest BCUT2D eigenvalue weighted by Crippen LogP contribution is -2.20. The van der Waals surface area contributed by atoms with Crippen molar-refractivity contribution in [2.45, 2.75) is 20.0 Å². The highest BCUT2D eigenvalue weighted by Crippen LogP contribution is 1.93. The summed E-state index contributed by atoms with van der Waals surface area (Å²) in [6, 6.07) is 0.